The van der Waals surface area contributed by atoms with Gasteiger partial charge in [-0.1, -0.05) is 11.1 Å². The molecule has 0 atom stereocenters. The van der Waals surface area contributed by atoms with E-state index in [9.17, 15) is 4.79 Å². The van der Waals surface area contributed by atoms with E-state index in [1.807, 2.05) is 45.6 Å². The van der Waals surface area contributed by atoms with Crippen molar-refractivity contribution in [1.29, 1.82) is 0 Å². The molecule has 1 amide bonds. The van der Waals surface area contributed by atoms with E-state index >= 15 is 0 Å². The van der Waals surface area contributed by atoms with Crippen LogP contribution in [0.3, 0.4) is 0 Å². The van der Waals surface area contributed by atoms with Crippen molar-refractivity contribution < 1.29 is 14.1 Å². The molecular formula is C23H30N2O3. The summed E-state index contributed by atoms with van der Waals surface area (Å²) in [6.07, 6.45) is 3.76. The normalized spacial score (nSPS) is 15.4. The molecule has 0 saturated carbocycles. The summed E-state index contributed by atoms with van der Waals surface area (Å²) in [4.78, 5) is 14.0. The maximum atomic E-state index is 12.2. The van der Waals surface area contributed by atoms with E-state index in [0.29, 0.717) is 5.92 Å². The van der Waals surface area contributed by atoms with Crippen LogP contribution >= 0.6 is 0 Å². The molecular weight excluding hydrogens is 352 g/mol. The van der Waals surface area contributed by atoms with Crippen LogP contribution in [0.4, 0.5) is 4.79 Å². The molecule has 0 aliphatic carbocycles. The number of aromatic nitrogens is 1. The van der Waals surface area contributed by atoms with Crippen molar-refractivity contribution in [1.82, 2.24) is 10.1 Å². The zero-order valence-corrected chi connectivity index (χ0v) is 17.6. The van der Waals surface area contributed by atoms with Crippen LogP contribution < -0.4 is 0 Å². The topological polar surface area (TPSA) is 55.6 Å². The van der Waals surface area contributed by atoms with Crippen molar-refractivity contribution in [3.63, 3.8) is 0 Å². The molecule has 0 bridgehead atoms. The number of hydrogen-bond donors (Lipinski definition) is 0. The minimum Gasteiger partial charge on any atom is -0.444 e. The quantitative estimate of drug-likeness (QED) is 0.694. The fourth-order valence-electron chi connectivity index (χ4n) is 3.71. The number of carbonyl (C=O) groups excluding carboxylic acids is 1. The Morgan fingerprint density at radius 3 is 2.68 bits per heavy atom. The van der Waals surface area contributed by atoms with Gasteiger partial charge in [0, 0.05) is 29.6 Å². The fourth-order valence-corrected chi connectivity index (χ4v) is 3.71. The number of benzene rings is 1. The zero-order chi connectivity index (χ0) is 20.3. The second kappa shape index (κ2) is 8.26. The molecule has 0 spiro atoms. The van der Waals surface area contributed by atoms with Crippen LogP contribution in [0.25, 0.3) is 11.0 Å². The number of piperidine rings is 1. The van der Waals surface area contributed by atoms with E-state index in [0.717, 1.165) is 66.6 Å². The van der Waals surface area contributed by atoms with Crippen LogP contribution in [0.1, 0.15) is 63.8 Å². The second-order valence-corrected chi connectivity index (χ2v) is 8.57. The monoisotopic (exact) mass is 382 g/mol. The minimum atomic E-state index is -0.442. The van der Waals surface area contributed by atoms with E-state index in [-0.39, 0.29) is 6.09 Å². The lowest BCUT2D eigenvalue weighted by molar-refractivity contribution is 0.0181. The largest absolute Gasteiger partial charge is 0.444 e. The van der Waals surface area contributed by atoms with E-state index in [1.54, 1.807) is 0 Å². The summed E-state index contributed by atoms with van der Waals surface area (Å²) in [6.45, 7) is 11.1. The maximum absolute atomic E-state index is 12.2. The molecule has 1 fully saturated rings. The summed E-state index contributed by atoms with van der Waals surface area (Å²) in [5.41, 5.74) is 3.46. The van der Waals surface area contributed by atoms with Gasteiger partial charge in [0.05, 0.1) is 5.69 Å². The third-order valence-electron chi connectivity index (χ3n) is 5.28. The Bertz CT molecular complexity index is 904. The summed E-state index contributed by atoms with van der Waals surface area (Å²) in [6, 6.07) is 4.12. The van der Waals surface area contributed by atoms with Crippen LogP contribution in [0.15, 0.2) is 16.7 Å². The molecule has 0 unspecified atom stereocenters. The molecule has 1 aromatic heterocycles. The predicted molar refractivity (Wildman–Crippen MR) is 110 cm³/mol. The van der Waals surface area contributed by atoms with Crippen LogP contribution in [-0.2, 0) is 11.2 Å². The number of hydrogen-bond acceptors (Lipinski definition) is 4. The number of amides is 1. The van der Waals surface area contributed by atoms with Crippen LogP contribution in [0.5, 0.6) is 0 Å². The van der Waals surface area contributed by atoms with E-state index in [1.165, 1.54) is 0 Å². The Kier molecular flexibility index (Phi) is 5.98. The number of likely N-dealkylation sites (tertiary alicyclic amines) is 1. The van der Waals surface area contributed by atoms with Crippen molar-refractivity contribution >= 4 is 17.1 Å². The van der Waals surface area contributed by atoms with Gasteiger partial charge in [0.15, 0.2) is 5.58 Å². The van der Waals surface area contributed by atoms with Crippen LogP contribution in [0, 0.1) is 24.7 Å². The Morgan fingerprint density at radius 2 is 2.04 bits per heavy atom. The highest BCUT2D eigenvalue weighted by atomic mass is 16.6. The highest BCUT2D eigenvalue weighted by molar-refractivity contribution is 5.84. The number of carbonyl (C=O) groups is 1. The third kappa shape index (κ3) is 4.67. The van der Waals surface area contributed by atoms with Gasteiger partial charge in [0.1, 0.15) is 5.60 Å². The Hall–Kier alpha value is -2.48. The molecule has 28 heavy (non-hydrogen) atoms. The first-order valence-corrected chi connectivity index (χ1v) is 10.1. The van der Waals surface area contributed by atoms with Gasteiger partial charge in [-0.3, -0.25) is 0 Å². The van der Waals surface area contributed by atoms with Gasteiger partial charge in [0.2, 0.25) is 0 Å². The van der Waals surface area contributed by atoms with Crippen molar-refractivity contribution in [3.05, 3.63) is 29.0 Å². The van der Waals surface area contributed by atoms with E-state index in [2.05, 4.69) is 23.1 Å². The molecule has 5 heteroatoms. The van der Waals surface area contributed by atoms with Gasteiger partial charge in [-0.05, 0) is 78.4 Å². The van der Waals surface area contributed by atoms with Crippen molar-refractivity contribution in [2.24, 2.45) is 5.92 Å². The highest BCUT2D eigenvalue weighted by Gasteiger charge is 2.27. The average Bonchev–Trinajstić information content (AvgIpc) is 3.05. The molecule has 1 saturated heterocycles. The number of aryl methyl sites for hydroxylation is 2. The Balaban J connectivity index is 1.56. The molecule has 5 nitrogen and oxygen atoms in total. The van der Waals surface area contributed by atoms with E-state index < -0.39 is 5.60 Å². The van der Waals surface area contributed by atoms with Crippen LogP contribution in [0.2, 0.25) is 0 Å². The molecule has 150 valence electrons. The van der Waals surface area contributed by atoms with Gasteiger partial charge in [-0.2, -0.15) is 0 Å². The summed E-state index contributed by atoms with van der Waals surface area (Å²) >= 11 is 0. The zero-order valence-electron chi connectivity index (χ0n) is 17.6. The van der Waals surface area contributed by atoms with Gasteiger partial charge in [0.25, 0.3) is 0 Å². The number of fused-ring (bicyclic) bond motifs is 1. The standard InChI is InChI=1S/C23H30N2O3/c1-6-7-18-9-10-19-20(24-28-21(19)16(18)2)11-8-17-12-14-25(15-13-17)22(26)27-23(3,4)5/h9-10,17H,8,11-15H2,1-5H3. The van der Waals surface area contributed by atoms with Crippen LogP contribution in [-0.4, -0.2) is 34.8 Å². The van der Waals surface area contributed by atoms with Crippen molar-refractivity contribution in [2.75, 3.05) is 13.1 Å². The molecule has 1 aromatic carbocycles. The lowest BCUT2D eigenvalue weighted by Gasteiger charge is -2.33. The average molecular weight is 383 g/mol. The van der Waals surface area contributed by atoms with Gasteiger partial charge in [-0.15, -0.1) is 5.92 Å². The molecule has 0 N–H and O–H groups in total. The molecule has 3 rings (SSSR count). The highest BCUT2D eigenvalue weighted by Crippen LogP contribution is 2.28. The Labute approximate surface area is 167 Å². The lowest BCUT2D eigenvalue weighted by atomic mass is 9.91. The van der Waals surface area contributed by atoms with E-state index in [4.69, 9.17) is 9.26 Å². The van der Waals surface area contributed by atoms with Gasteiger partial charge >= 0.3 is 6.09 Å². The smallest absolute Gasteiger partial charge is 0.410 e. The summed E-state index contributed by atoms with van der Waals surface area (Å²) in [5.74, 6) is 6.64. The number of ether oxygens (including phenoxy) is 1. The first-order valence-electron chi connectivity index (χ1n) is 10.1. The van der Waals surface area contributed by atoms with Crippen molar-refractivity contribution in [3.8, 4) is 11.8 Å². The molecule has 2 aromatic rings. The SMILES string of the molecule is CC#Cc1ccc2c(CCC3CCN(C(=O)OC(C)(C)C)CC3)noc2c1C. The van der Waals surface area contributed by atoms with Crippen molar-refractivity contribution in [2.45, 2.75) is 65.9 Å². The number of rotatable bonds is 3. The molecule has 2 heterocycles. The minimum absolute atomic E-state index is 0.199. The summed E-state index contributed by atoms with van der Waals surface area (Å²) < 4.78 is 11.1. The first-order chi connectivity index (χ1) is 13.3. The molecule has 1 aliphatic heterocycles. The number of nitrogens with zero attached hydrogens (tertiary/aromatic N) is 2. The maximum Gasteiger partial charge on any atom is 0.410 e. The molecule has 0 radical (unpaired) electrons. The molecule has 1 aliphatic rings. The third-order valence-corrected chi connectivity index (χ3v) is 5.28. The summed E-state index contributed by atoms with van der Waals surface area (Å²) in [5, 5.41) is 5.41. The fraction of sp³-hybridized carbons (Fsp3) is 0.565. The lowest BCUT2D eigenvalue weighted by Crippen LogP contribution is -2.41. The van der Waals surface area contributed by atoms with Gasteiger partial charge < -0.3 is 14.2 Å². The Morgan fingerprint density at radius 1 is 1.32 bits per heavy atom. The summed E-state index contributed by atoms with van der Waals surface area (Å²) in [7, 11) is 0. The second-order valence-electron chi connectivity index (χ2n) is 8.57. The first kappa shape index (κ1) is 20.3. The predicted octanol–water partition coefficient (Wildman–Crippen LogP) is 5.09. The van der Waals surface area contributed by atoms with Gasteiger partial charge in [-0.25, -0.2) is 4.79 Å².